The maximum Gasteiger partial charge on any atom is 0.231 e. The van der Waals surface area contributed by atoms with Gasteiger partial charge in [0.05, 0.1) is 0 Å². The van der Waals surface area contributed by atoms with E-state index in [1.165, 1.54) is 0 Å². The van der Waals surface area contributed by atoms with E-state index in [2.05, 4.69) is 0 Å². The quantitative estimate of drug-likeness (QED) is 0.350. The highest BCUT2D eigenvalue weighted by Crippen LogP contribution is 0.871. The first-order valence-electron chi connectivity index (χ1n) is 0.908. The standard InChI is InChI=1S/2CHNO.CH4.H2/c2*2-1-3;;/h2*2H;1H4;1H. The third kappa shape index (κ3) is 23.6. The molecule has 0 aliphatic rings. The molecule has 0 amide bonds. The van der Waals surface area contributed by atoms with Crippen molar-refractivity contribution in [2.24, 2.45) is 0 Å². The van der Waals surface area contributed by atoms with Crippen molar-refractivity contribution in [3.05, 3.63) is 0 Å². The lowest BCUT2D eigenvalue weighted by Crippen LogP contribution is -1.16. The van der Waals surface area contributed by atoms with E-state index in [0.29, 0.717) is 0 Å². The third-order valence-electron chi connectivity index (χ3n) is 0. The smallest absolute Gasteiger partial charge is 0.222 e. The molecule has 0 fully saturated rings. The molecule has 0 aromatic carbocycles. The van der Waals surface area contributed by atoms with Crippen molar-refractivity contribution in [3.8, 4) is 0 Å². The Bertz CT molecular complexity index is 69.3. The van der Waals surface area contributed by atoms with Crippen molar-refractivity contribution in [1.82, 2.24) is 0 Å². The first kappa shape index (κ1) is 17.1. The van der Waals surface area contributed by atoms with Gasteiger partial charge in [-0.2, -0.15) is 0 Å². The fourth-order valence-electron chi connectivity index (χ4n) is 0. The van der Waals surface area contributed by atoms with Crippen LogP contribution in [-0.4, -0.2) is 12.2 Å². The van der Waals surface area contributed by atoms with Crippen molar-refractivity contribution in [2.75, 3.05) is 0 Å². The molecule has 2 N–H and O–H groups in total. The van der Waals surface area contributed by atoms with Gasteiger partial charge in [0.15, 0.2) is 0 Å². The zero-order valence-corrected chi connectivity index (χ0v) is 2.82. The van der Waals surface area contributed by atoms with Crippen LogP contribution in [0, 0.1) is 10.8 Å². The predicted molar refractivity (Wildman–Crippen MR) is 25.7 cm³/mol. The van der Waals surface area contributed by atoms with Gasteiger partial charge in [0.2, 0.25) is 12.2 Å². The lowest BCUT2D eigenvalue weighted by atomic mass is 11.7. The van der Waals surface area contributed by atoms with Gasteiger partial charge >= 0.3 is 0 Å². The number of isocyanates is 2. The Balaban J connectivity index is -0.0000000160. The van der Waals surface area contributed by atoms with Gasteiger partial charge in [0.1, 0.15) is 0 Å². The molecule has 0 aliphatic carbocycles. The minimum Gasteiger partial charge on any atom is -0.222 e. The number of rotatable bonds is 0. The molecule has 0 saturated carbocycles. The van der Waals surface area contributed by atoms with E-state index >= 15 is 0 Å². The molecule has 0 rings (SSSR count). The number of carbonyl (C=O) groups excluding carboxylic acids is 2. The molecule has 0 aromatic rings. The number of hydrogen-bond acceptors (Lipinski definition) is 4. The molecule has 0 aliphatic heterocycles. The van der Waals surface area contributed by atoms with E-state index in [-0.39, 0.29) is 8.85 Å². The average molecular weight is 104 g/mol. The van der Waals surface area contributed by atoms with Gasteiger partial charge < -0.3 is 0 Å². The zero-order valence-electron chi connectivity index (χ0n) is 2.82. The molecular formula is C3H8N2O2. The summed E-state index contributed by atoms with van der Waals surface area (Å²) in [7, 11) is 0. The summed E-state index contributed by atoms with van der Waals surface area (Å²) >= 11 is 0. The molecule has 0 spiro atoms. The molecule has 0 unspecified atom stereocenters. The van der Waals surface area contributed by atoms with Crippen LogP contribution in [0.25, 0.3) is 0 Å². The Hall–Kier alpha value is -1.24. The van der Waals surface area contributed by atoms with E-state index in [4.69, 9.17) is 20.4 Å². The van der Waals surface area contributed by atoms with Gasteiger partial charge in [-0.3, -0.25) is 0 Å². The molecule has 7 heavy (non-hydrogen) atoms. The Morgan fingerprint density at radius 2 is 1.14 bits per heavy atom. The number of nitrogens with one attached hydrogen (secondary N) is 2. The Morgan fingerprint density at radius 1 is 1.14 bits per heavy atom. The summed E-state index contributed by atoms with van der Waals surface area (Å²) in [5, 5.41) is 10.8. The van der Waals surface area contributed by atoms with Crippen molar-refractivity contribution in [2.45, 2.75) is 7.43 Å². The van der Waals surface area contributed by atoms with E-state index in [0.717, 1.165) is 12.2 Å². The summed E-state index contributed by atoms with van der Waals surface area (Å²) in [6.45, 7) is 0. The molecule has 4 nitrogen and oxygen atoms in total. The fourth-order valence-corrected chi connectivity index (χ4v) is 0. The monoisotopic (exact) mass is 104 g/mol. The van der Waals surface area contributed by atoms with Crippen molar-refractivity contribution in [1.29, 1.82) is 10.8 Å². The molecular weight excluding hydrogens is 96.0 g/mol. The largest absolute Gasteiger partial charge is 0.231 e. The summed E-state index contributed by atoms with van der Waals surface area (Å²) in [5.41, 5.74) is 0. The first-order valence-corrected chi connectivity index (χ1v) is 0.908. The highest BCUT2D eigenvalue weighted by Gasteiger charge is 1.04. The van der Waals surface area contributed by atoms with E-state index in [1.807, 2.05) is 0 Å². The topological polar surface area (TPSA) is 81.8 Å². The second-order valence-electron chi connectivity index (χ2n) is 0.204. The Kier molecular flexibility index (Phi) is 285. The van der Waals surface area contributed by atoms with Gasteiger partial charge in [-0.1, -0.05) is 7.43 Å². The van der Waals surface area contributed by atoms with Crippen LogP contribution in [0.5, 0.6) is 0 Å². The molecule has 0 aromatic heterocycles. The molecule has 0 atom stereocenters. The zero-order chi connectivity index (χ0) is 5.41. The maximum atomic E-state index is 8.35. The number of hydrogen-bond donors (Lipinski definition) is 2. The third-order valence-corrected chi connectivity index (χ3v) is 0. The lowest BCUT2D eigenvalue weighted by molar-refractivity contribution is 0.562. The van der Waals surface area contributed by atoms with E-state index < -0.39 is 0 Å². The Labute approximate surface area is 42.7 Å². The molecule has 0 saturated heterocycles. The fraction of sp³-hybridized carbons (Fsp3) is 0.333. The van der Waals surface area contributed by atoms with Crippen LogP contribution in [0.3, 0.4) is 0 Å². The van der Waals surface area contributed by atoms with Gasteiger partial charge in [-0.15, -0.1) is 0 Å². The average Bonchev–Trinajstić information content (AvgIpc) is 1.39. The summed E-state index contributed by atoms with van der Waals surface area (Å²) < 4.78 is 0. The molecule has 0 bridgehead atoms. The van der Waals surface area contributed by atoms with Gasteiger partial charge in [-0.25, -0.2) is 20.4 Å². The Morgan fingerprint density at radius 3 is 1.14 bits per heavy atom. The highest BCUT2D eigenvalue weighted by molar-refractivity contribution is 5.26. The summed E-state index contributed by atoms with van der Waals surface area (Å²) in [5.74, 6) is 0. The van der Waals surface area contributed by atoms with Crippen molar-refractivity contribution >= 4 is 12.2 Å². The molecule has 42 valence electrons. The van der Waals surface area contributed by atoms with Gasteiger partial charge in [0, 0.05) is 1.43 Å². The second kappa shape index (κ2) is 117. The highest BCUT2D eigenvalue weighted by atomic mass is 16.1. The minimum absolute atomic E-state index is 0. The van der Waals surface area contributed by atoms with Crippen molar-refractivity contribution in [3.63, 3.8) is 0 Å². The van der Waals surface area contributed by atoms with Gasteiger partial charge in [0.25, 0.3) is 0 Å². The van der Waals surface area contributed by atoms with E-state index in [1.54, 1.807) is 0 Å². The molecule has 4 heteroatoms. The van der Waals surface area contributed by atoms with Crippen LogP contribution in [0.2, 0.25) is 0 Å². The lowest BCUT2D eigenvalue weighted by Gasteiger charge is -1.02. The van der Waals surface area contributed by atoms with Crippen LogP contribution in [0.4, 0.5) is 0 Å². The van der Waals surface area contributed by atoms with Crippen LogP contribution >= 0.6 is 0 Å². The van der Waals surface area contributed by atoms with Crippen LogP contribution in [-0.2, 0) is 9.59 Å². The maximum absolute atomic E-state index is 8.35. The minimum atomic E-state index is 0. The predicted octanol–water partition coefficient (Wildman–Crippen LogP) is 0.684. The summed E-state index contributed by atoms with van der Waals surface area (Å²) in [4.78, 5) is 16.7. The first-order chi connectivity index (χ1) is 2.83. The summed E-state index contributed by atoms with van der Waals surface area (Å²) in [6.07, 6.45) is 1.50. The second-order valence-corrected chi connectivity index (χ2v) is 0.204. The van der Waals surface area contributed by atoms with Crippen LogP contribution < -0.4 is 0 Å². The summed E-state index contributed by atoms with van der Waals surface area (Å²) in [6, 6.07) is 0. The van der Waals surface area contributed by atoms with Gasteiger partial charge in [-0.05, 0) is 0 Å². The van der Waals surface area contributed by atoms with E-state index in [9.17, 15) is 0 Å². The normalized spacial score (nSPS) is 2.29. The van der Waals surface area contributed by atoms with Crippen molar-refractivity contribution < 1.29 is 11.0 Å². The van der Waals surface area contributed by atoms with Crippen LogP contribution in [0.15, 0.2) is 0 Å². The molecule has 0 radical (unpaired) electrons. The van der Waals surface area contributed by atoms with Crippen LogP contribution in [0.1, 0.15) is 8.85 Å². The SMILES string of the molecule is C.N=C=O.N=C=O.[HH]. The molecule has 0 heterocycles.